The molecule has 1 aliphatic rings. The van der Waals surface area contributed by atoms with E-state index in [4.69, 9.17) is 0 Å². The minimum atomic E-state index is 0.325. The first-order chi connectivity index (χ1) is 12.2. The number of aliphatic imine (C=N–C) groups is 1. The molecule has 1 saturated carbocycles. The molecule has 0 atom stereocenters. The number of guanidine groups is 1. The van der Waals surface area contributed by atoms with Crippen LogP contribution < -0.4 is 10.6 Å². The number of rotatable bonds is 11. The van der Waals surface area contributed by atoms with Gasteiger partial charge in [-0.3, -0.25) is 4.99 Å². The Kier molecular flexibility index (Phi) is 8.26. The molecule has 25 heavy (non-hydrogen) atoms. The SMILES string of the molecule is CN=C(NCCCCCCCN(C)C)NCC1(c2ccccc2)CC1. The van der Waals surface area contributed by atoms with Crippen molar-refractivity contribution in [1.82, 2.24) is 15.5 Å². The Hall–Kier alpha value is -1.55. The molecule has 0 unspecified atom stereocenters. The number of hydrogen-bond acceptors (Lipinski definition) is 2. The molecule has 0 heterocycles. The van der Waals surface area contributed by atoms with Gasteiger partial charge in [0.05, 0.1) is 0 Å². The lowest BCUT2D eigenvalue weighted by Gasteiger charge is -2.19. The number of benzene rings is 1. The first-order valence-corrected chi connectivity index (χ1v) is 9.81. The predicted molar refractivity (Wildman–Crippen MR) is 108 cm³/mol. The zero-order chi connectivity index (χ0) is 18.0. The number of nitrogens with one attached hydrogen (secondary N) is 2. The van der Waals surface area contributed by atoms with Gasteiger partial charge in [-0.15, -0.1) is 0 Å². The summed E-state index contributed by atoms with van der Waals surface area (Å²) in [5.41, 5.74) is 1.78. The van der Waals surface area contributed by atoms with Gasteiger partial charge in [0.25, 0.3) is 0 Å². The molecular formula is C21H36N4. The fourth-order valence-corrected chi connectivity index (χ4v) is 3.27. The van der Waals surface area contributed by atoms with Crippen molar-refractivity contribution >= 4 is 5.96 Å². The third-order valence-electron chi connectivity index (χ3n) is 5.13. The van der Waals surface area contributed by atoms with Gasteiger partial charge in [0, 0.05) is 25.6 Å². The van der Waals surface area contributed by atoms with E-state index in [0.29, 0.717) is 5.41 Å². The van der Waals surface area contributed by atoms with Gasteiger partial charge in [0.2, 0.25) is 0 Å². The van der Waals surface area contributed by atoms with E-state index >= 15 is 0 Å². The molecule has 2 N–H and O–H groups in total. The summed E-state index contributed by atoms with van der Waals surface area (Å²) in [5.74, 6) is 0.940. The first-order valence-electron chi connectivity index (χ1n) is 9.81. The van der Waals surface area contributed by atoms with Crippen LogP contribution in [0, 0.1) is 0 Å². The van der Waals surface area contributed by atoms with Crippen molar-refractivity contribution in [2.45, 2.75) is 50.4 Å². The van der Waals surface area contributed by atoms with Gasteiger partial charge >= 0.3 is 0 Å². The van der Waals surface area contributed by atoms with Gasteiger partial charge in [-0.05, 0) is 51.9 Å². The molecule has 1 fully saturated rings. The van der Waals surface area contributed by atoms with Gasteiger partial charge in [-0.2, -0.15) is 0 Å². The van der Waals surface area contributed by atoms with Crippen molar-refractivity contribution in [3.63, 3.8) is 0 Å². The number of hydrogen-bond donors (Lipinski definition) is 2. The lowest BCUT2D eigenvalue weighted by molar-refractivity contribution is 0.389. The van der Waals surface area contributed by atoms with Crippen LogP contribution >= 0.6 is 0 Å². The molecule has 0 amide bonds. The summed E-state index contributed by atoms with van der Waals surface area (Å²) in [7, 11) is 6.15. The maximum absolute atomic E-state index is 4.37. The minimum absolute atomic E-state index is 0.325. The second kappa shape index (κ2) is 10.4. The lowest BCUT2D eigenvalue weighted by atomic mass is 9.96. The van der Waals surface area contributed by atoms with Gasteiger partial charge in [-0.25, -0.2) is 0 Å². The molecule has 4 heteroatoms. The molecule has 0 saturated heterocycles. The van der Waals surface area contributed by atoms with Crippen molar-refractivity contribution in [3.05, 3.63) is 35.9 Å². The standard InChI is InChI=1S/C21H36N4/c1-22-20(23-16-10-5-4-6-11-17-25(2)3)24-18-21(14-15-21)19-12-8-7-9-13-19/h7-9,12-13H,4-6,10-11,14-18H2,1-3H3,(H2,22,23,24). The highest BCUT2D eigenvalue weighted by Crippen LogP contribution is 2.47. The predicted octanol–water partition coefficient (Wildman–Crippen LogP) is 3.40. The average molecular weight is 345 g/mol. The van der Waals surface area contributed by atoms with Gasteiger partial charge in [0.15, 0.2) is 5.96 Å². The highest BCUT2D eigenvalue weighted by molar-refractivity contribution is 5.79. The van der Waals surface area contributed by atoms with Gasteiger partial charge in [-0.1, -0.05) is 49.6 Å². The molecule has 1 aliphatic carbocycles. The van der Waals surface area contributed by atoms with E-state index in [1.165, 1.54) is 57.1 Å². The molecule has 2 rings (SSSR count). The maximum Gasteiger partial charge on any atom is 0.191 e. The number of nitrogens with zero attached hydrogens (tertiary/aromatic N) is 2. The van der Waals surface area contributed by atoms with E-state index < -0.39 is 0 Å². The molecule has 0 bridgehead atoms. The van der Waals surface area contributed by atoms with Crippen LogP contribution in [0.1, 0.15) is 50.5 Å². The highest BCUT2D eigenvalue weighted by atomic mass is 15.2. The van der Waals surface area contributed by atoms with E-state index in [-0.39, 0.29) is 0 Å². The smallest absolute Gasteiger partial charge is 0.191 e. The zero-order valence-electron chi connectivity index (χ0n) is 16.4. The van der Waals surface area contributed by atoms with Gasteiger partial charge < -0.3 is 15.5 Å². The van der Waals surface area contributed by atoms with Gasteiger partial charge in [0.1, 0.15) is 0 Å². The second-order valence-corrected chi connectivity index (χ2v) is 7.57. The first kappa shape index (κ1) is 19.8. The van der Waals surface area contributed by atoms with Crippen LogP contribution in [0.15, 0.2) is 35.3 Å². The molecule has 4 nitrogen and oxygen atoms in total. The number of unbranched alkanes of at least 4 members (excludes halogenated alkanes) is 4. The van der Waals surface area contributed by atoms with Crippen LogP contribution in [0.5, 0.6) is 0 Å². The molecule has 1 aromatic rings. The summed E-state index contributed by atoms with van der Waals surface area (Å²) >= 11 is 0. The van der Waals surface area contributed by atoms with Crippen LogP contribution in [0.25, 0.3) is 0 Å². The fraction of sp³-hybridized carbons (Fsp3) is 0.667. The molecule has 140 valence electrons. The summed E-state index contributed by atoms with van der Waals surface area (Å²) in [4.78, 5) is 6.63. The van der Waals surface area contributed by atoms with E-state index in [1.807, 2.05) is 7.05 Å². The van der Waals surface area contributed by atoms with E-state index in [2.05, 4.69) is 65.0 Å². The monoisotopic (exact) mass is 344 g/mol. The third-order valence-corrected chi connectivity index (χ3v) is 5.13. The Morgan fingerprint density at radius 1 is 1.00 bits per heavy atom. The minimum Gasteiger partial charge on any atom is -0.356 e. The quantitative estimate of drug-likeness (QED) is 0.367. The Bertz CT molecular complexity index is 506. The van der Waals surface area contributed by atoms with Crippen LogP contribution in [0.3, 0.4) is 0 Å². The fourth-order valence-electron chi connectivity index (χ4n) is 3.27. The second-order valence-electron chi connectivity index (χ2n) is 7.57. The Balaban J connectivity index is 1.57. The van der Waals surface area contributed by atoms with Crippen LogP contribution in [0.4, 0.5) is 0 Å². The summed E-state index contributed by atoms with van der Waals surface area (Å²) < 4.78 is 0. The largest absolute Gasteiger partial charge is 0.356 e. The zero-order valence-corrected chi connectivity index (χ0v) is 16.4. The van der Waals surface area contributed by atoms with Crippen molar-refractivity contribution in [1.29, 1.82) is 0 Å². The van der Waals surface area contributed by atoms with Crippen LogP contribution in [-0.4, -0.2) is 51.6 Å². The Morgan fingerprint density at radius 2 is 1.68 bits per heavy atom. The van der Waals surface area contributed by atoms with Crippen molar-refractivity contribution in [3.8, 4) is 0 Å². The summed E-state index contributed by atoms with van der Waals surface area (Å²) in [6.45, 7) is 3.19. The summed E-state index contributed by atoms with van der Waals surface area (Å²) in [6.07, 6.45) is 9.04. The molecule has 1 aromatic carbocycles. The van der Waals surface area contributed by atoms with Crippen molar-refractivity contribution in [2.75, 3.05) is 40.8 Å². The average Bonchev–Trinajstić information content (AvgIpc) is 3.41. The molecule has 0 radical (unpaired) electrons. The molecular weight excluding hydrogens is 308 g/mol. The Labute approximate surface area is 154 Å². The summed E-state index contributed by atoms with van der Waals surface area (Å²) in [5, 5.41) is 6.99. The molecule has 0 spiro atoms. The van der Waals surface area contributed by atoms with Crippen molar-refractivity contribution < 1.29 is 0 Å². The highest BCUT2D eigenvalue weighted by Gasteiger charge is 2.43. The normalized spacial score (nSPS) is 16.1. The third kappa shape index (κ3) is 7.07. The van der Waals surface area contributed by atoms with E-state index in [0.717, 1.165) is 19.0 Å². The van der Waals surface area contributed by atoms with Crippen molar-refractivity contribution in [2.24, 2.45) is 4.99 Å². The van der Waals surface area contributed by atoms with Crippen LogP contribution in [0.2, 0.25) is 0 Å². The summed E-state index contributed by atoms with van der Waals surface area (Å²) in [6, 6.07) is 10.9. The lowest BCUT2D eigenvalue weighted by Crippen LogP contribution is -2.41. The van der Waals surface area contributed by atoms with Crippen LogP contribution in [-0.2, 0) is 5.41 Å². The topological polar surface area (TPSA) is 39.7 Å². The van der Waals surface area contributed by atoms with E-state index in [1.54, 1.807) is 0 Å². The Morgan fingerprint density at radius 3 is 2.32 bits per heavy atom. The maximum atomic E-state index is 4.37. The molecule has 0 aromatic heterocycles. The molecule has 0 aliphatic heterocycles. The van der Waals surface area contributed by atoms with E-state index in [9.17, 15) is 0 Å².